The van der Waals surface area contributed by atoms with Gasteiger partial charge in [-0.05, 0) is 80.0 Å². The fourth-order valence-electron chi connectivity index (χ4n) is 6.36. The molecule has 4 bridgehead atoms. The minimum atomic E-state index is -0.471. The van der Waals surface area contributed by atoms with Gasteiger partial charge in [0.15, 0.2) is 5.76 Å². The number of hydrogen-bond donors (Lipinski definition) is 2. The first-order valence-electron chi connectivity index (χ1n) is 11.0. The van der Waals surface area contributed by atoms with Crippen molar-refractivity contribution in [3.05, 3.63) is 54.0 Å². The molecule has 4 aliphatic carbocycles. The van der Waals surface area contributed by atoms with E-state index in [0.29, 0.717) is 12.2 Å². The Kier molecular flexibility index (Phi) is 5.32. The zero-order valence-electron chi connectivity index (χ0n) is 17.4. The molecule has 4 fully saturated rings. The van der Waals surface area contributed by atoms with E-state index in [4.69, 9.17) is 9.15 Å². The molecule has 7 heteroatoms. The summed E-state index contributed by atoms with van der Waals surface area (Å²) in [5, 5.41) is 0. The Morgan fingerprint density at radius 3 is 2.48 bits per heavy atom. The van der Waals surface area contributed by atoms with Gasteiger partial charge < -0.3 is 9.15 Å². The molecule has 4 aliphatic rings. The number of hydrogen-bond acceptors (Lipinski definition) is 4. The smallest absolute Gasteiger partial charge is 0.305 e. The topological polar surface area (TPSA) is 80.6 Å². The molecule has 0 aliphatic heterocycles. The van der Waals surface area contributed by atoms with E-state index < -0.39 is 5.91 Å². The number of para-hydroxylation sites is 1. The third-order valence-electron chi connectivity index (χ3n) is 6.97. The van der Waals surface area contributed by atoms with Crippen molar-refractivity contribution < 1.29 is 18.7 Å². The molecule has 0 spiro atoms. The van der Waals surface area contributed by atoms with E-state index >= 15 is 0 Å². The van der Waals surface area contributed by atoms with E-state index in [2.05, 4.69) is 26.8 Å². The van der Waals surface area contributed by atoms with Crippen molar-refractivity contribution in [2.45, 2.75) is 55.9 Å². The fraction of sp³-hybridized carbons (Fsp3) is 0.500. The van der Waals surface area contributed by atoms with Gasteiger partial charge in [-0.2, -0.15) is 0 Å². The number of rotatable bonds is 6. The first kappa shape index (κ1) is 20.6. The number of ether oxygens (including phenoxy) is 1. The number of nitrogens with one attached hydrogen (secondary N) is 2. The minimum Gasteiger partial charge on any atom is -0.486 e. The zero-order chi connectivity index (χ0) is 21.5. The molecule has 2 aromatic rings. The molecule has 2 atom stereocenters. The second-order valence-electron chi connectivity index (χ2n) is 9.66. The van der Waals surface area contributed by atoms with Gasteiger partial charge in [-0.3, -0.25) is 20.4 Å². The van der Waals surface area contributed by atoms with Crippen LogP contribution in [0, 0.1) is 17.3 Å². The van der Waals surface area contributed by atoms with Gasteiger partial charge in [-0.25, -0.2) is 0 Å². The highest BCUT2D eigenvalue weighted by Crippen LogP contribution is 2.65. The Balaban J connectivity index is 1.12. The molecule has 4 saturated carbocycles. The highest BCUT2D eigenvalue weighted by atomic mass is 79.9. The van der Waals surface area contributed by atoms with Crippen LogP contribution < -0.4 is 15.6 Å². The van der Waals surface area contributed by atoms with E-state index in [-0.39, 0.29) is 28.0 Å². The molecule has 2 unspecified atom stereocenters. The van der Waals surface area contributed by atoms with Crippen molar-refractivity contribution in [1.29, 1.82) is 0 Å². The van der Waals surface area contributed by atoms with E-state index in [1.807, 2.05) is 30.3 Å². The lowest BCUT2D eigenvalue weighted by Gasteiger charge is -2.60. The van der Waals surface area contributed by atoms with E-state index in [1.54, 1.807) is 12.1 Å². The van der Waals surface area contributed by atoms with Crippen LogP contribution in [-0.2, 0) is 11.4 Å². The number of carbonyl (C=O) groups is 2. The Morgan fingerprint density at radius 2 is 1.77 bits per heavy atom. The molecule has 1 aromatic carbocycles. The van der Waals surface area contributed by atoms with Crippen LogP contribution in [0.5, 0.6) is 5.75 Å². The number of benzene rings is 1. The summed E-state index contributed by atoms with van der Waals surface area (Å²) in [6.07, 6.45) is 7.54. The van der Waals surface area contributed by atoms with Gasteiger partial charge in [-0.1, -0.05) is 34.1 Å². The van der Waals surface area contributed by atoms with E-state index in [0.717, 1.165) is 36.8 Å². The minimum absolute atomic E-state index is 0.0645. The van der Waals surface area contributed by atoms with Gasteiger partial charge in [0.1, 0.15) is 18.1 Å². The van der Waals surface area contributed by atoms with E-state index in [9.17, 15) is 9.59 Å². The molecule has 0 saturated heterocycles. The first-order valence-corrected chi connectivity index (χ1v) is 11.7. The lowest BCUT2D eigenvalue weighted by Crippen LogP contribution is -2.54. The van der Waals surface area contributed by atoms with Crippen LogP contribution in [0.4, 0.5) is 0 Å². The predicted octanol–water partition coefficient (Wildman–Crippen LogP) is 4.74. The molecule has 0 radical (unpaired) electrons. The maximum Gasteiger partial charge on any atom is 0.305 e. The van der Waals surface area contributed by atoms with Gasteiger partial charge in [0.05, 0.1) is 0 Å². The predicted molar refractivity (Wildman–Crippen MR) is 118 cm³/mol. The normalized spacial score (nSPS) is 30.7. The van der Waals surface area contributed by atoms with Crippen LogP contribution in [0.2, 0.25) is 0 Å². The highest BCUT2D eigenvalue weighted by molar-refractivity contribution is 9.10. The van der Waals surface area contributed by atoms with Crippen molar-refractivity contribution >= 4 is 27.7 Å². The Morgan fingerprint density at radius 1 is 1.03 bits per heavy atom. The number of furan rings is 1. The molecule has 31 heavy (non-hydrogen) atoms. The van der Waals surface area contributed by atoms with Crippen LogP contribution in [0.3, 0.4) is 0 Å². The standard InChI is InChI=1S/C24H27BrN2O4/c25-24-11-16-8-17(12-24)10-23(9-16,15-24)13-21(28)26-27-22(29)20-7-6-19(31-20)14-30-18-4-2-1-3-5-18/h1-7,16-17H,8-15H2,(H,26,28)(H,27,29). The second-order valence-corrected chi connectivity index (χ2v) is 11.3. The summed E-state index contributed by atoms with van der Waals surface area (Å²) < 4.78 is 11.4. The number of alkyl halides is 1. The third-order valence-corrected chi connectivity index (χ3v) is 7.90. The highest BCUT2D eigenvalue weighted by Gasteiger charge is 2.57. The van der Waals surface area contributed by atoms with Crippen LogP contribution in [-0.4, -0.2) is 16.1 Å². The second kappa shape index (κ2) is 8.01. The average Bonchev–Trinajstić information content (AvgIpc) is 3.18. The number of carbonyl (C=O) groups excluding carboxylic acids is 2. The van der Waals surface area contributed by atoms with Gasteiger partial charge in [0, 0.05) is 10.7 Å². The SMILES string of the molecule is O=C(CC12CC3CC(CC(Br)(C3)C1)C2)NNC(=O)c1ccc(COc2ccccc2)o1. The Labute approximate surface area is 190 Å². The van der Waals surface area contributed by atoms with Crippen molar-refractivity contribution in [3.63, 3.8) is 0 Å². The molecule has 164 valence electrons. The molecular formula is C24H27BrN2O4. The van der Waals surface area contributed by atoms with Crippen LogP contribution >= 0.6 is 15.9 Å². The average molecular weight is 487 g/mol. The summed E-state index contributed by atoms with van der Waals surface area (Å²) in [6.45, 7) is 0.225. The van der Waals surface area contributed by atoms with Gasteiger partial charge in [0.2, 0.25) is 5.91 Å². The fourth-order valence-corrected chi connectivity index (χ4v) is 7.87. The molecule has 2 N–H and O–H groups in total. The molecule has 1 aromatic heterocycles. The van der Waals surface area contributed by atoms with Crippen molar-refractivity contribution in [3.8, 4) is 5.75 Å². The monoisotopic (exact) mass is 486 g/mol. The van der Waals surface area contributed by atoms with Crippen LogP contribution in [0.15, 0.2) is 46.9 Å². The maximum atomic E-state index is 12.6. The number of amides is 2. The van der Waals surface area contributed by atoms with Gasteiger partial charge >= 0.3 is 5.91 Å². The Hall–Kier alpha value is -2.28. The molecule has 6 nitrogen and oxygen atoms in total. The first-order chi connectivity index (χ1) is 14.9. The Bertz CT molecular complexity index is 959. The lowest BCUT2D eigenvalue weighted by atomic mass is 9.48. The summed E-state index contributed by atoms with van der Waals surface area (Å²) in [5.41, 5.74) is 5.15. The molecule has 6 rings (SSSR count). The van der Waals surface area contributed by atoms with Crippen LogP contribution in [0.25, 0.3) is 0 Å². The van der Waals surface area contributed by atoms with Gasteiger partial charge in [0.25, 0.3) is 0 Å². The largest absolute Gasteiger partial charge is 0.486 e. The van der Waals surface area contributed by atoms with Gasteiger partial charge in [-0.15, -0.1) is 0 Å². The zero-order valence-corrected chi connectivity index (χ0v) is 18.9. The summed E-state index contributed by atoms with van der Waals surface area (Å²) in [4.78, 5) is 25.0. The summed E-state index contributed by atoms with van der Waals surface area (Å²) in [6, 6.07) is 12.7. The number of hydrazine groups is 1. The number of halogens is 1. The summed E-state index contributed by atoms with van der Waals surface area (Å²) >= 11 is 3.98. The van der Waals surface area contributed by atoms with Crippen molar-refractivity contribution in [1.82, 2.24) is 10.9 Å². The van der Waals surface area contributed by atoms with Crippen LogP contribution in [0.1, 0.15) is 61.3 Å². The summed E-state index contributed by atoms with van der Waals surface area (Å²) in [5.74, 6) is 2.25. The third kappa shape index (κ3) is 4.52. The molecular weight excluding hydrogens is 460 g/mol. The quantitative estimate of drug-likeness (QED) is 0.456. The molecule has 1 heterocycles. The lowest BCUT2D eigenvalue weighted by molar-refractivity contribution is -0.128. The van der Waals surface area contributed by atoms with Crippen molar-refractivity contribution in [2.75, 3.05) is 0 Å². The molecule has 2 amide bonds. The summed E-state index contributed by atoms with van der Waals surface area (Å²) in [7, 11) is 0. The maximum absolute atomic E-state index is 12.6. The van der Waals surface area contributed by atoms with E-state index in [1.165, 1.54) is 19.3 Å². The van der Waals surface area contributed by atoms with Crippen molar-refractivity contribution in [2.24, 2.45) is 17.3 Å².